The minimum absolute atomic E-state index is 0.210. The summed E-state index contributed by atoms with van der Waals surface area (Å²) in [6.45, 7) is 2.96. The fourth-order valence-electron chi connectivity index (χ4n) is 2.52. The van der Waals surface area contributed by atoms with Gasteiger partial charge in [-0.3, -0.25) is 4.90 Å². The van der Waals surface area contributed by atoms with E-state index < -0.39 is 0 Å². The van der Waals surface area contributed by atoms with Crippen LogP contribution in [0.2, 0.25) is 0 Å². The highest BCUT2D eigenvalue weighted by molar-refractivity contribution is 5.72. The topological polar surface area (TPSA) is 81.3 Å². The number of hydrogen-bond donors (Lipinski definition) is 1. The summed E-state index contributed by atoms with van der Waals surface area (Å²) >= 11 is 0. The maximum atomic E-state index is 11.9. The Labute approximate surface area is 134 Å². The van der Waals surface area contributed by atoms with Crippen LogP contribution in [-0.2, 0) is 17.8 Å². The quantitative estimate of drug-likeness (QED) is 0.942. The Bertz CT molecular complexity index is 744. The van der Waals surface area contributed by atoms with Gasteiger partial charge in [0.25, 0.3) is 0 Å². The van der Waals surface area contributed by atoms with E-state index in [9.17, 15) is 4.79 Å². The number of nitrogens with two attached hydrogens (primary N) is 1. The van der Waals surface area contributed by atoms with Crippen molar-refractivity contribution in [1.82, 2.24) is 14.9 Å². The van der Waals surface area contributed by atoms with Crippen molar-refractivity contribution in [3.05, 3.63) is 52.8 Å². The average Bonchev–Trinajstić information content (AvgIpc) is 2.98. The maximum Gasteiger partial charge on any atom is 0.410 e. The lowest BCUT2D eigenvalue weighted by Crippen LogP contribution is -2.26. The molecule has 0 unspecified atom stereocenters. The van der Waals surface area contributed by atoms with Gasteiger partial charge in [-0.15, -0.1) is 0 Å². The van der Waals surface area contributed by atoms with Gasteiger partial charge in [0.2, 0.25) is 5.95 Å². The summed E-state index contributed by atoms with van der Waals surface area (Å²) in [6, 6.07) is 9.93. The Kier molecular flexibility index (Phi) is 4.23. The highest BCUT2D eigenvalue weighted by Crippen LogP contribution is 2.26. The van der Waals surface area contributed by atoms with Gasteiger partial charge < -0.3 is 10.5 Å². The number of benzene rings is 1. The zero-order valence-electron chi connectivity index (χ0n) is 12.9. The monoisotopic (exact) mass is 310 g/mol. The summed E-state index contributed by atoms with van der Waals surface area (Å²) in [6.07, 6.45) is 3.53. The van der Waals surface area contributed by atoms with Crippen LogP contribution in [0.4, 0.5) is 10.7 Å². The zero-order chi connectivity index (χ0) is 16.2. The number of aromatic nitrogens is 2. The maximum absolute atomic E-state index is 11.9. The molecule has 0 saturated carbocycles. The van der Waals surface area contributed by atoms with Crippen molar-refractivity contribution in [3.8, 4) is 0 Å². The van der Waals surface area contributed by atoms with E-state index in [1.807, 2.05) is 42.5 Å². The molecular weight excluding hydrogens is 292 g/mol. The Hall–Kier alpha value is -2.89. The van der Waals surface area contributed by atoms with E-state index >= 15 is 0 Å². The van der Waals surface area contributed by atoms with E-state index in [-0.39, 0.29) is 12.0 Å². The lowest BCUT2D eigenvalue weighted by atomic mass is 10.1. The molecule has 0 radical (unpaired) electrons. The number of nitrogen functional groups attached to an aromatic ring is 1. The Morgan fingerprint density at radius 3 is 2.78 bits per heavy atom. The number of rotatable bonds is 3. The van der Waals surface area contributed by atoms with E-state index in [1.165, 1.54) is 0 Å². The molecule has 0 atom stereocenters. The predicted molar refractivity (Wildman–Crippen MR) is 88.1 cm³/mol. The number of carbonyl (C=O) groups excluding carboxylic acids is 1. The molecule has 0 bridgehead atoms. The van der Waals surface area contributed by atoms with E-state index in [0.29, 0.717) is 19.7 Å². The van der Waals surface area contributed by atoms with Gasteiger partial charge >= 0.3 is 6.09 Å². The summed E-state index contributed by atoms with van der Waals surface area (Å²) in [5, 5.41) is 0. The molecule has 1 aromatic carbocycles. The van der Waals surface area contributed by atoms with Gasteiger partial charge in [0.1, 0.15) is 0 Å². The molecule has 0 aliphatic carbocycles. The average molecular weight is 310 g/mol. The fourth-order valence-corrected chi connectivity index (χ4v) is 2.52. The van der Waals surface area contributed by atoms with Crippen LogP contribution in [0.25, 0.3) is 12.2 Å². The van der Waals surface area contributed by atoms with Crippen LogP contribution in [0.15, 0.2) is 30.3 Å². The summed E-state index contributed by atoms with van der Waals surface area (Å²) < 4.78 is 5.05. The lowest BCUT2D eigenvalue weighted by Gasteiger charge is -2.13. The van der Waals surface area contributed by atoms with Crippen molar-refractivity contribution < 1.29 is 9.53 Å². The highest BCUT2D eigenvalue weighted by atomic mass is 16.6. The second kappa shape index (κ2) is 6.48. The molecule has 0 saturated heterocycles. The highest BCUT2D eigenvalue weighted by Gasteiger charge is 2.28. The third kappa shape index (κ3) is 3.31. The van der Waals surface area contributed by atoms with Gasteiger partial charge in [-0.1, -0.05) is 36.4 Å². The summed E-state index contributed by atoms with van der Waals surface area (Å²) in [5.41, 5.74) is 9.29. The van der Waals surface area contributed by atoms with Crippen molar-refractivity contribution >= 4 is 24.2 Å². The second-order valence-corrected chi connectivity index (χ2v) is 5.19. The van der Waals surface area contributed by atoms with Crippen LogP contribution in [0.1, 0.15) is 29.4 Å². The largest absolute Gasteiger partial charge is 0.450 e. The van der Waals surface area contributed by atoms with Crippen molar-refractivity contribution in [2.75, 3.05) is 12.3 Å². The van der Waals surface area contributed by atoms with Gasteiger partial charge in [0.05, 0.1) is 31.1 Å². The summed E-state index contributed by atoms with van der Waals surface area (Å²) in [7, 11) is 0. The number of ether oxygens (including phenoxy) is 1. The smallest absolute Gasteiger partial charge is 0.410 e. The van der Waals surface area contributed by atoms with Crippen LogP contribution in [0, 0.1) is 0 Å². The first-order chi connectivity index (χ1) is 11.2. The number of amides is 1. The molecule has 1 aliphatic heterocycles. The van der Waals surface area contributed by atoms with Gasteiger partial charge in [0, 0.05) is 5.56 Å². The minimum Gasteiger partial charge on any atom is -0.450 e. The molecule has 0 spiro atoms. The third-order valence-corrected chi connectivity index (χ3v) is 3.59. The molecule has 2 aromatic rings. The number of anilines is 1. The molecule has 2 N–H and O–H groups in total. The van der Waals surface area contributed by atoms with Crippen molar-refractivity contribution in [2.24, 2.45) is 0 Å². The number of hydrogen-bond acceptors (Lipinski definition) is 5. The van der Waals surface area contributed by atoms with Crippen molar-refractivity contribution in [3.63, 3.8) is 0 Å². The summed E-state index contributed by atoms with van der Waals surface area (Å²) in [5.74, 6) is 0.210. The first-order valence-electron chi connectivity index (χ1n) is 7.47. The molecule has 6 heteroatoms. The van der Waals surface area contributed by atoms with E-state index in [0.717, 1.165) is 22.5 Å². The molecule has 6 nitrogen and oxygen atoms in total. The van der Waals surface area contributed by atoms with Crippen LogP contribution in [0.5, 0.6) is 0 Å². The van der Waals surface area contributed by atoms with E-state index in [2.05, 4.69) is 9.97 Å². The Morgan fingerprint density at radius 2 is 2.04 bits per heavy atom. The van der Waals surface area contributed by atoms with Crippen LogP contribution in [-0.4, -0.2) is 27.6 Å². The normalized spacial score (nSPS) is 13.3. The fraction of sp³-hybridized carbons (Fsp3) is 0.235. The van der Waals surface area contributed by atoms with Crippen LogP contribution < -0.4 is 5.73 Å². The molecule has 2 heterocycles. The molecular formula is C17H18N4O2. The molecule has 23 heavy (non-hydrogen) atoms. The van der Waals surface area contributed by atoms with E-state index in [1.54, 1.807) is 11.8 Å². The van der Waals surface area contributed by atoms with Gasteiger partial charge in [0.15, 0.2) is 0 Å². The molecule has 1 amide bonds. The zero-order valence-corrected chi connectivity index (χ0v) is 12.9. The first-order valence-corrected chi connectivity index (χ1v) is 7.47. The summed E-state index contributed by atoms with van der Waals surface area (Å²) in [4.78, 5) is 22.0. The lowest BCUT2D eigenvalue weighted by molar-refractivity contribution is 0.106. The third-order valence-electron chi connectivity index (χ3n) is 3.59. The number of nitrogens with zero attached hydrogens (tertiary/aromatic N) is 3. The van der Waals surface area contributed by atoms with Crippen LogP contribution in [0.3, 0.4) is 0 Å². The molecule has 1 aromatic heterocycles. The Balaban J connectivity index is 1.87. The second-order valence-electron chi connectivity index (χ2n) is 5.19. The SMILES string of the molecule is CCOC(=O)N1Cc2nc(N)nc(/C=C/c3ccccc3)c2C1. The van der Waals surface area contributed by atoms with Crippen LogP contribution >= 0.6 is 0 Å². The predicted octanol–water partition coefficient (Wildman–Crippen LogP) is 2.70. The van der Waals surface area contributed by atoms with Gasteiger partial charge in [-0.25, -0.2) is 14.8 Å². The Morgan fingerprint density at radius 1 is 1.26 bits per heavy atom. The molecule has 118 valence electrons. The number of carbonyl (C=O) groups is 1. The molecule has 3 rings (SSSR count). The standard InChI is InChI=1S/C17H18N4O2/c1-2-23-17(22)21-10-13-14(19-16(18)20-15(13)11-21)9-8-12-6-4-3-5-7-12/h3-9H,2,10-11H2,1H3,(H2,18,19,20)/b9-8+. The van der Waals surface area contributed by atoms with Gasteiger partial charge in [-0.05, 0) is 18.6 Å². The first kappa shape index (κ1) is 15.0. The van der Waals surface area contributed by atoms with Crippen molar-refractivity contribution in [2.45, 2.75) is 20.0 Å². The van der Waals surface area contributed by atoms with Gasteiger partial charge in [-0.2, -0.15) is 0 Å². The number of fused-ring (bicyclic) bond motifs is 1. The van der Waals surface area contributed by atoms with E-state index in [4.69, 9.17) is 10.5 Å². The van der Waals surface area contributed by atoms with Crippen molar-refractivity contribution in [1.29, 1.82) is 0 Å². The minimum atomic E-state index is -0.345. The molecule has 1 aliphatic rings. The molecule has 0 fully saturated rings.